The van der Waals surface area contributed by atoms with E-state index in [9.17, 15) is 10.5 Å². The Kier molecular flexibility index (Phi) is 9.22. The molecule has 0 radical (unpaired) electrons. The number of allylic oxidation sites excluding steroid dienone is 8. The van der Waals surface area contributed by atoms with Gasteiger partial charge in [0.2, 0.25) is 0 Å². The summed E-state index contributed by atoms with van der Waals surface area (Å²) < 4.78 is 5.97. The van der Waals surface area contributed by atoms with Crippen molar-refractivity contribution in [1.29, 1.82) is 10.5 Å². The Morgan fingerprint density at radius 3 is 1.91 bits per heavy atom. The second-order valence-electron chi connectivity index (χ2n) is 9.67. The molecule has 2 aliphatic carbocycles. The Hall–Kier alpha value is -2.04. The molecular formula is C30H38N2Sn. The Morgan fingerprint density at radius 2 is 1.39 bits per heavy atom. The monoisotopic (exact) mass is 546 g/mol. The SMILES string of the molecule is CCC[CH2][Sn]([CH2]CCC)([CH2]CCC)[c]1ccc(C2=CC3=CC=CC=CC3C2(C#N)C#N)cc1. The van der Waals surface area contributed by atoms with Crippen LogP contribution in [0.2, 0.25) is 13.3 Å². The molecule has 0 bridgehead atoms. The van der Waals surface area contributed by atoms with Crippen LogP contribution >= 0.6 is 0 Å². The van der Waals surface area contributed by atoms with Gasteiger partial charge in [-0.3, -0.25) is 0 Å². The molecule has 0 aromatic heterocycles. The minimum atomic E-state index is -2.49. The van der Waals surface area contributed by atoms with Crippen LogP contribution in [0.4, 0.5) is 0 Å². The zero-order valence-corrected chi connectivity index (χ0v) is 23.5. The molecule has 0 heterocycles. The molecule has 33 heavy (non-hydrogen) atoms. The number of hydrogen-bond acceptors (Lipinski definition) is 2. The van der Waals surface area contributed by atoms with Gasteiger partial charge in [0.05, 0.1) is 0 Å². The predicted octanol–water partition coefficient (Wildman–Crippen LogP) is 7.84. The second kappa shape index (κ2) is 11.9. The van der Waals surface area contributed by atoms with Crippen molar-refractivity contribution in [3.63, 3.8) is 0 Å². The molecule has 0 fully saturated rings. The van der Waals surface area contributed by atoms with Crippen LogP contribution in [0.1, 0.15) is 64.9 Å². The third-order valence-electron chi connectivity index (χ3n) is 7.56. The quantitative estimate of drug-likeness (QED) is 0.266. The van der Waals surface area contributed by atoms with Crippen molar-refractivity contribution in [3.8, 4) is 12.1 Å². The summed E-state index contributed by atoms with van der Waals surface area (Å²) in [6, 6.07) is 14.0. The third kappa shape index (κ3) is 5.22. The molecule has 2 nitrogen and oxygen atoms in total. The number of benzene rings is 1. The topological polar surface area (TPSA) is 47.6 Å². The van der Waals surface area contributed by atoms with Crippen LogP contribution in [-0.4, -0.2) is 18.4 Å². The first-order chi connectivity index (χ1) is 16.1. The first kappa shape index (κ1) is 25.6. The normalized spacial score (nSPS) is 18.6. The van der Waals surface area contributed by atoms with E-state index in [1.54, 1.807) is 3.58 Å². The van der Waals surface area contributed by atoms with Gasteiger partial charge in [-0.2, -0.15) is 0 Å². The summed E-state index contributed by atoms with van der Waals surface area (Å²) in [5.41, 5.74) is 1.76. The van der Waals surface area contributed by atoms with E-state index in [0.29, 0.717) is 0 Å². The van der Waals surface area contributed by atoms with Gasteiger partial charge in [0.1, 0.15) is 0 Å². The van der Waals surface area contributed by atoms with Crippen molar-refractivity contribution in [1.82, 2.24) is 0 Å². The van der Waals surface area contributed by atoms with Gasteiger partial charge in [0.25, 0.3) is 0 Å². The summed E-state index contributed by atoms with van der Waals surface area (Å²) in [7, 11) is 0. The maximum atomic E-state index is 10.2. The number of unbranched alkanes of at least 4 members (excludes halogenated alkanes) is 3. The Morgan fingerprint density at radius 1 is 0.818 bits per heavy atom. The van der Waals surface area contributed by atoms with Gasteiger partial charge in [-0.15, -0.1) is 0 Å². The molecule has 0 spiro atoms. The number of nitriles is 2. The summed E-state index contributed by atoms with van der Waals surface area (Å²) in [5.74, 6) is -0.214. The van der Waals surface area contributed by atoms with Gasteiger partial charge in [0, 0.05) is 0 Å². The first-order valence-electron chi connectivity index (χ1n) is 12.8. The molecule has 1 aromatic rings. The summed E-state index contributed by atoms with van der Waals surface area (Å²) in [4.78, 5) is 0. The molecule has 0 amide bonds. The molecule has 2 aliphatic rings. The van der Waals surface area contributed by atoms with Crippen LogP contribution in [0.15, 0.2) is 66.3 Å². The fraction of sp³-hybridized carbons (Fsp3) is 0.467. The standard InChI is InChI=1S/C18H11N2.3C4H9.Sn/c19-12-18(13-20)16-10-6-2-5-9-15(16)11-17(18)14-7-3-1-4-8-14;3*1-3-4-2;/h2-11,16H;3*1,3-4H2,2H3;. The number of hydrogen-bond donors (Lipinski definition) is 0. The van der Waals surface area contributed by atoms with Crippen LogP contribution in [-0.2, 0) is 0 Å². The first-order valence-corrected chi connectivity index (χ1v) is 20.3. The van der Waals surface area contributed by atoms with Crippen LogP contribution < -0.4 is 3.58 Å². The van der Waals surface area contributed by atoms with E-state index >= 15 is 0 Å². The van der Waals surface area contributed by atoms with Gasteiger partial charge in [-0.05, 0) is 0 Å². The molecule has 0 N–H and O–H groups in total. The average molecular weight is 545 g/mol. The number of fused-ring (bicyclic) bond motifs is 1. The average Bonchev–Trinajstić information content (AvgIpc) is 2.98. The van der Waals surface area contributed by atoms with Crippen molar-refractivity contribution in [2.45, 2.75) is 72.6 Å². The molecule has 0 saturated carbocycles. The molecule has 3 heteroatoms. The Bertz CT molecular complexity index is 975. The zero-order valence-electron chi connectivity index (χ0n) is 20.6. The maximum absolute atomic E-state index is 10.2. The van der Waals surface area contributed by atoms with Crippen LogP contribution in [0, 0.1) is 34.0 Å². The van der Waals surface area contributed by atoms with Gasteiger partial charge in [0.15, 0.2) is 0 Å². The minimum absolute atomic E-state index is 0.214. The third-order valence-corrected chi connectivity index (χ3v) is 23.2. The van der Waals surface area contributed by atoms with Gasteiger partial charge in [-0.1, -0.05) is 0 Å². The van der Waals surface area contributed by atoms with Crippen molar-refractivity contribution < 1.29 is 0 Å². The van der Waals surface area contributed by atoms with E-state index in [1.807, 2.05) is 30.4 Å². The van der Waals surface area contributed by atoms with E-state index in [0.717, 1.165) is 16.7 Å². The van der Waals surface area contributed by atoms with Crippen LogP contribution in [0.25, 0.3) is 5.57 Å². The zero-order chi connectivity index (χ0) is 23.7. The van der Waals surface area contributed by atoms with Crippen LogP contribution in [0.3, 0.4) is 0 Å². The Balaban J connectivity index is 2.02. The van der Waals surface area contributed by atoms with Crippen molar-refractivity contribution in [2.24, 2.45) is 11.3 Å². The van der Waals surface area contributed by atoms with Gasteiger partial charge in [-0.25, -0.2) is 0 Å². The predicted molar refractivity (Wildman–Crippen MR) is 142 cm³/mol. The van der Waals surface area contributed by atoms with Crippen molar-refractivity contribution >= 4 is 27.5 Å². The van der Waals surface area contributed by atoms with E-state index in [-0.39, 0.29) is 5.92 Å². The van der Waals surface area contributed by atoms with E-state index in [1.165, 1.54) is 51.8 Å². The molecule has 0 aliphatic heterocycles. The molecule has 172 valence electrons. The van der Waals surface area contributed by atoms with Crippen molar-refractivity contribution in [2.75, 3.05) is 0 Å². The summed E-state index contributed by atoms with van der Waals surface area (Å²) in [5, 5.41) is 20.3. The van der Waals surface area contributed by atoms with Crippen molar-refractivity contribution in [3.05, 3.63) is 71.9 Å². The van der Waals surface area contributed by atoms with E-state index < -0.39 is 23.8 Å². The fourth-order valence-corrected chi connectivity index (χ4v) is 21.5. The fourth-order valence-electron chi connectivity index (χ4n) is 5.55. The van der Waals surface area contributed by atoms with Gasteiger partial charge < -0.3 is 0 Å². The summed E-state index contributed by atoms with van der Waals surface area (Å²) in [6.07, 6.45) is 19.9. The molecular weight excluding hydrogens is 507 g/mol. The van der Waals surface area contributed by atoms with Gasteiger partial charge >= 0.3 is 206 Å². The molecule has 1 aromatic carbocycles. The van der Waals surface area contributed by atoms with Crippen LogP contribution in [0.5, 0.6) is 0 Å². The molecule has 1 unspecified atom stereocenters. The number of rotatable bonds is 11. The second-order valence-corrected chi connectivity index (χ2v) is 22.9. The number of nitrogens with zero attached hydrogens (tertiary/aromatic N) is 2. The van der Waals surface area contributed by atoms with E-state index in [4.69, 9.17) is 0 Å². The molecule has 1 atom stereocenters. The van der Waals surface area contributed by atoms with E-state index in [2.05, 4.69) is 63.3 Å². The summed E-state index contributed by atoms with van der Waals surface area (Å²) >= 11 is -2.49. The molecule has 3 rings (SSSR count). The Labute approximate surface area is 205 Å². The molecule has 0 saturated heterocycles. The summed E-state index contributed by atoms with van der Waals surface area (Å²) in [6.45, 7) is 6.94.